The molecule has 0 spiro atoms. The van der Waals surface area contributed by atoms with Crippen LogP contribution in [0.4, 0.5) is 0 Å². The van der Waals surface area contributed by atoms with Crippen LogP contribution in [0.1, 0.15) is 18.1 Å². The van der Waals surface area contributed by atoms with Gasteiger partial charge in [0, 0.05) is 10.7 Å². The first-order valence-corrected chi connectivity index (χ1v) is 7.66. The largest absolute Gasteiger partial charge is 0.495 e. The van der Waals surface area contributed by atoms with E-state index in [0.29, 0.717) is 0 Å². The van der Waals surface area contributed by atoms with Crippen LogP contribution in [0.2, 0.25) is 0 Å². The molecule has 2 aromatic heterocycles. The fourth-order valence-electron chi connectivity index (χ4n) is 2.28. The second-order valence-corrected chi connectivity index (χ2v) is 6.16. The molecule has 1 aromatic carbocycles. The van der Waals surface area contributed by atoms with E-state index in [4.69, 9.17) is 16.3 Å². The van der Waals surface area contributed by atoms with Gasteiger partial charge in [-0.1, -0.05) is 12.1 Å². The van der Waals surface area contributed by atoms with Crippen LogP contribution in [0, 0.1) is 0 Å². The van der Waals surface area contributed by atoms with E-state index in [1.165, 1.54) is 0 Å². The summed E-state index contributed by atoms with van der Waals surface area (Å²) in [6, 6.07) is 9.67. The maximum Gasteiger partial charge on any atom is 0.164 e. The van der Waals surface area contributed by atoms with Crippen LogP contribution in [-0.2, 0) is 0 Å². The van der Waals surface area contributed by atoms with Gasteiger partial charge in [0.1, 0.15) is 17.1 Å². The Hall–Kier alpha value is -1.59. The number of hydrogen-bond acceptors (Lipinski definition) is 3. The normalized spacial score (nSPS) is 12.6. The quantitative estimate of drug-likeness (QED) is 0.641. The van der Waals surface area contributed by atoms with E-state index in [1.807, 2.05) is 41.8 Å². The summed E-state index contributed by atoms with van der Waals surface area (Å²) in [5.74, 6) is 1.49. The lowest BCUT2D eigenvalue weighted by Gasteiger charge is -2.13. The van der Waals surface area contributed by atoms with Crippen molar-refractivity contribution in [3.63, 3.8) is 0 Å². The smallest absolute Gasteiger partial charge is 0.164 e. The van der Waals surface area contributed by atoms with Gasteiger partial charge in [-0.2, -0.15) is 0 Å². The average Bonchev–Trinajstić information content (AvgIpc) is 2.85. The van der Waals surface area contributed by atoms with E-state index in [-0.39, 0.29) is 5.38 Å². The molecule has 0 aliphatic heterocycles. The summed E-state index contributed by atoms with van der Waals surface area (Å²) in [6.07, 6.45) is 1.75. The van der Waals surface area contributed by atoms with Crippen molar-refractivity contribution in [2.45, 2.75) is 12.3 Å². The molecule has 3 rings (SSSR count). The van der Waals surface area contributed by atoms with Gasteiger partial charge in [-0.15, -0.1) is 11.6 Å². The maximum atomic E-state index is 6.30. The molecule has 0 radical (unpaired) electrons. The summed E-state index contributed by atoms with van der Waals surface area (Å²) in [5.41, 5.74) is 2.42. The molecule has 0 amide bonds. The molecular formula is C15H13BrClN3O. The van der Waals surface area contributed by atoms with Gasteiger partial charge in [-0.25, -0.2) is 9.97 Å². The highest BCUT2D eigenvalue weighted by Gasteiger charge is 2.19. The number of rotatable bonds is 3. The lowest BCUT2D eigenvalue weighted by molar-refractivity contribution is 0.412. The number of halogens is 2. The number of para-hydroxylation sites is 2. The molecule has 108 valence electrons. The predicted molar refractivity (Wildman–Crippen MR) is 87.4 cm³/mol. The zero-order valence-electron chi connectivity index (χ0n) is 11.5. The third-order valence-corrected chi connectivity index (χ3v) is 3.80. The minimum Gasteiger partial charge on any atom is -0.495 e. The molecule has 1 atom stereocenters. The molecule has 0 N–H and O–H groups in total. The zero-order chi connectivity index (χ0) is 15.0. The van der Waals surface area contributed by atoms with Crippen molar-refractivity contribution in [1.82, 2.24) is 14.5 Å². The fourth-order valence-corrected chi connectivity index (χ4v) is 2.74. The van der Waals surface area contributed by atoms with Crippen LogP contribution in [0.5, 0.6) is 5.75 Å². The minimum atomic E-state index is -0.247. The molecule has 4 nitrogen and oxygen atoms in total. The third kappa shape index (κ3) is 2.51. The Morgan fingerprint density at radius 1 is 1.33 bits per heavy atom. The molecule has 2 heterocycles. The predicted octanol–water partition coefficient (Wildman–Crippen LogP) is 4.49. The molecule has 0 bridgehead atoms. The first-order chi connectivity index (χ1) is 10.1. The molecule has 3 aromatic rings. The van der Waals surface area contributed by atoms with E-state index in [9.17, 15) is 0 Å². The highest BCUT2D eigenvalue weighted by molar-refractivity contribution is 9.10. The van der Waals surface area contributed by atoms with E-state index >= 15 is 0 Å². The molecule has 0 fully saturated rings. The Morgan fingerprint density at radius 2 is 2.10 bits per heavy atom. The van der Waals surface area contributed by atoms with E-state index in [2.05, 4.69) is 25.9 Å². The molecule has 0 saturated heterocycles. The number of nitrogens with zero attached hydrogens (tertiary/aromatic N) is 3. The van der Waals surface area contributed by atoms with Gasteiger partial charge in [0.05, 0.1) is 18.2 Å². The van der Waals surface area contributed by atoms with Crippen molar-refractivity contribution in [3.05, 3.63) is 46.8 Å². The van der Waals surface area contributed by atoms with Gasteiger partial charge in [-0.3, -0.25) is 4.57 Å². The van der Waals surface area contributed by atoms with Crippen LogP contribution in [0.15, 0.2) is 41.0 Å². The molecule has 0 aliphatic carbocycles. The lowest BCUT2D eigenvalue weighted by atomic mass is 10.2. The van der Waals surface area contributed by atoms with E-state index < -0.39 is 0 Å². The third-order valence-electron chi connectivity index (χ3n) is 3.17. The number of pyridine rings is 1. The van der Waals surface area contributed by atoms with Crippen LogP contribution >= 0.6 is 27.5 Å². The van der Waals surface area contributed by atoms with Crippen LogP contribution in [0.3, 0.4) is 0 Å². The van der Waals surface area contributed by atoms with Crippen molar-refractivity contribution in [3.8, 4) is 11.4 Å². The van der Waals surface area contributed by atoms with Gasteiger partial charge in [-0.05, 0) is 41.1 Å². The molecule has 0 aliphatic rings. The number of fused-ring (bicyclic) bond motifs is 1. The summed E-state index contributed by atoms with van der Waals surface area (Å²) in [6.45, 7) is 1.89. The van der Waals surface area contributed by atoms with Crippen LogP contribution in [-0.4, -0.2) is 21.6 Å². The topological polar surface area (TPSA) is 39.9 Å². The summed E-state index contributed by atoms with van der Waals surface area (Å²) >= 11 is 9.72. The fraction of sp³-hybridized carbons (Fsp3) is 0.200. The Kier molecular flexibility index (Phi) is 3.87. The van der Waals surface area contributed by atoms with Crippen molar-refractivity contribution in [2.24, 2.45) is 0 Å². The summed E-state index contributed by atoms with van der Waals surface area (Å²) < 4.78 is 8.27. The molecule has 1 unspecified atom stereocenters. The summed E-state index contributed by atoms with van der Waals surface area (Å²) in [4.78, 5) is 9.08. The highest BCUT2D eigenvalue weighted by Crippen LogP contribution is 2.32. The summed E-state index contributed by atoms with van der Waals surface area (Å²) in [5, 5.41) is -0.247. The second kappa shape index (κ2) is 5.66. The molecule has 21 heavy (non-hydrogen) atoms. The lowest BCUT2D eigenvalue weighted by Crippen LogP contribution is -2.04. The summed E-state index contributed by atoms with van der Waals surface area (Å²) in [7, 11) is 1.64. The number of imidazole rings is 1. The number of methoxy groups -OCH3 is 1. The number of benzene rings is 1. The van der Waals surface area contributed by atoms with E-state index in [1.54, 1.807) is 13.3 Å². The molecular weight excluding hydrogens is 354 g/mol. The first-order valence-electron chi connectivity index (χ1n) is 6.43. The highest BCUT2D eigenvalue weighted by atomic mass is 79.9. The number of alkyl halides is 1. The van der Waals surface area contributed by atoms with Crippen LogP contribution in [0.25, 0.3) is 16.9 Å². The van der Waals surface area contributed by atoms with Crippen molar-refractivity contribution in [1.29, 1.82) is 0 Å². The van der Waals surface area contributed by atoms with Gasteiger partial charge in [0.25, 0.3) is 0 Å². The number of hydrogen-bond donors (Lipinski definition) is 0. The Balaban J connectivity index is 2.37. The molecule has 6 heteroatoms. The zero-order valence-corrected chi connectivity index (χ0v) is 13.9. The van der Waals surface area contributed by atoms with Gasteiger partial charge >= 0.3 is 0 Å². The SMILES string of the molecule is COc1ccccc1-n1c(C(C)Cl)nc2cc(Br)cnc21. The molecule has 0 saturated carbocycles. The first kappa shape index (κ1) is 14.4. The maximum absolute atomic E-state index is 6.30. The second-order valence-electron chi connectivity index (χ2n) is 4.59. The number of aromatic nitrogens is 3. The number of ether oxygens (including phenoxy) is 1. The van der Waals surface area contributed by atoms with Crippen molar-refractivity contribution < 1.29 is 4.74 Å². The Morgan fingerprint density at radius 3 is 2.81 bits per heavy atom. The van der Waals surface area contributed by atoms with Gasteiger partial charge in [0.15, 0.2) is 5.65 Å². The van der Waals surface area contributed by atoms with E-state index in [0.717, 1.165) is 32.9 Å². The Labute approximate surface area is 135 Å². The van der Waals surface area contributed by atoms with Crippen molar-refractivity contribution in [2.75, 3.05) is 7.11 Å². The monoisotopic (exact) mass is 365 g/mol. The van der Waals surface area contributed by atoms with Crippen molar-refractivity contribution >= 4 is 38.7 Å². The van der Waals surface area contributed by atoms with Crippen LogP contribution < -0.4 is 4.74 Å². The average molecular weight is 367 g/mol. The van der Waals surface area contributed by atoms with Gasteiger partial charge < -0.3 is 4.74 Å². The minimum absolute atomic E-state index is 0.247. The Bertz CT molecular complexity index is 801. The standard InChI is InChI=1S/C15H13BrClN3O/c1-9(17)14-19-11-7-10(16)8-18-15(11)20(14)12-5-3-4-6-13(12)21-2/h3-9H,1-2H3. The van der Waals surface area contributed by atoms with Gasteiger partial charge in [0.2, 0.25) is 0 Å².